The molecule has 0 heterocycles. The maximum Gasteiger partial charge on any atom is 0.330 e. The van der Waals surface area contributed by atoms with E-state index in [0.29, 0.717) is 35.1 Å². The number of aliphatic carboxylic acids is 2. The maximum atomic E-state index is 12.5. The minimum Gasteiger partial charge on any atom is -0.480 e. The van der Waals surface area contributed by atoms with Crippen LogP contribution in [-0.4, -0.2) is 33.7 Å². The van der Waals surface area contributed by atoms with Crippen molar-refractivity contribution in [2.75, 3.05) is 0 Å². The Morgan fingerprint density at radius 1 is 0.862 bits per heavy atom. The molecule has 2 aromatic carbocycles. The van der Waals surface area contributed by atoms with Gasteiger partial charge in [-0.1, -0.05) is 32.0 Å². The third-order valence-corrected chi connectivity index (χ3v) is 5.74. The fourth-order valence-electron chi connectivity index (χ4n) is 4.49. The van der Waals surface area contributed by atoms with Crippen LogP contribution < -0.4 is 0 Å². The van der Waals surface area contributed by atoms with Crippen LogP contribution in [0.25, 0.3) is 11.1 Å². The Morgan fingerprint density at radius 3 is 1.93 bits per heavy atom. The van der Waals surface area contributed by atoms with E-state index in [1.807, 2.05) is 6.92 Å². The second-order valence-electron chi connectivity index (χ2n) is 7.25. The van der Waals surface area contributed by atoms with Crippen molar-refractivity contribution in [1.29, 1.82) is 0 Å². The number of carboxylic acid groups (broad SMARTS) is 2. The van der Waals surface area contributed by atoms with Crippen molar-refractivity contribution in [3.63, 3.8) is 0 Å². The normalized spacial score (nSPS) is 13.5. The van der Waals surface area contributed by atoms with Crippen molar-refractivity contribution in [3.8, 4) is 11.1 Å². The van der Waals surface area contributed by atoms with E-state index in [-0.39, 0.29) is 28.3 Å². The number of rotatable bonds is 6. The molecule has 0 amide bonds. The van der Waals surface area contributed by atoms with Crippen LogP contribution in [0.1, 0.15) is 70.7 Å². The first kappa shape index (κ1) is 20.5. The summed E-state index contributed by atoms with van der Waals surface area (Å²) in [5.74, 6) is -3.60. The van der Waals surface area contributed by atoms with Crippen molar-refractivity contribution in [2.24, 2.45) is 0 Å². The molecule has 0 aliphatic heterocycles. The van der Waals surface area contributed by atoms with Crippen LogP contribution >= 0.6 is 0 Å². The molecule has 0 radical (unpaired) electrons. The number of hydrogen-bond acceptors (Lipinski definition) is 4. The van der Waals surface area contributed by atoms with Crippen LogP contribution in [0.3, 0.4) is 0 Å². The smallest absolute Gasteiger partial charge is 0.330 e. The standard InChI is InChI=1S/C23H22O6/c1-5-13-9-17-16-8-7-14(11(3)24)10-18(16)23(21(26)27,22(28)29)20(17)15(6-2)19(13)12(4)25/h7-10H,5-6H2,1-4H3,(H,26,27)(H,28,29). The van der Waals surface area contributed by atoms with Crippen molar-refractivity contribution in [1.82, 2.24) is 0 Å². The van der Waals surface area contributed by atoms with Crippen molar-refractivity contribution in [2.45, 2.75) is 46.0 Å². The number of hydrogen-bond donors (Lipinski definition) is 2. The van der Waals surface area contributed by atoms with Gasteiger partial charge in [-0.25, -0.2) is 0 Å². The van der Waals surface area contributed by atoms with E-state index >= 15 is 0 Å². The maximum absolute atomic E-state index is 12.5. The lowest BCUT2D eigenvalue weighted by Crippen LogP contribution is -2.44. The Bertz CT molecular complexity index is 1080. The zero-order valence-electron chi connectivity index (χ0n) is 16.8. The molecule has 6 heteroatoms. The lowest BCUT2D eigenvalue weighted by molar-refractivity contribution is -0.155. The summed E-state index contributed by atoms with van der Waals surface area (Å²) in [4.78, 5) is 49.4. The summed E-state index contributed by atoms with van der Waals surface area (Å²) in [6.45, 7) is 6.41. The molecular formula is C23H22O6. The molecule has 2 N–H and O–H groups in total. The molecule has 2 aromatic rings. The zero-order chi connectivity index (χ0) is 21.7. The highest BCUT2D eigenvalue weighted by molar-refractivity contribution is 6.16. The van der Waals surface area contributed by atoms with E-state index < -0.39 is 17.4 Å². The van der Waals surface area contributed by atoms with Crippen molar-refractivity contribution in [3.05, 3.63) is 57.6 Å². The third kappa shape index (κ3) is 2.63. The molecule has 0 spiro atoms. The molecule has 0 fully saturated rings. The highest BCUT2D eigenvalue weighted by atomic mass is 16.4. The topological polar surface area (TPSA) is 109 Å². The molecular weight excluding hydrogens is 372 g/mol. The van der Waals surface area contributed by atoms with E-state index in [9.17, 15) is 29.4 Å². The summed E-state index contributed by atoms with van der Waals surface area (Å²) >= 11 is 0. The van der Waals surface area contributed by atoms with Gasteiger partial charge in [0.1, 0.15) is 0 Å². The van der Waals surface area contributed by atoms with Crippen LogP contribution in [0.4, 0.5) is 0 Å². The van der Waals surface area contributed by atoms with Crippen LogP contribution in [0.2, 0.25) is 0 Å². The lowest BCUT2D eigenvalue weighted by atomic mass is 9.73. The van der Waals surface area contributed by atoms with Gasteiger partial charge in [-0.2, -0.15) is 0 Å². The largest absolute Gasteiger partial charge is 0.480 e. The second-order valence-corrected chi connectivity index (χ2v) is 7.25. The van der Waals surface area contributed by atoms with Gasteiger partial charge in [0.05, 0.1) is 0 Å². The predicted molar refractivity (Wildman–Crippen MR) is 107 cm³/mol. The van der Waals surface area contributed by atoms with Gasteiger partial charge in [0, 0.05) is 11.1 Å². The van der Waals surface area contributed by atoms with Gasteiger partial charge in [0.25, 0.3) is 0 Å². The van der Waals surface area contributed by atoms with Crippen LogP contribution in [-0.2, 0) is 27.8 Å². The van der Waals surface area contributed by atoms with E-state index in [1.165, 1.54) is 19.9 Å². The van der Waals surface area contributed by atoms with Crippen LogP contribution in [0.5, 0.6) is 0 Å². The number of aryl methyl sites for hydroxylation is 1. The van der Waals surface area contributed by atoms with Crippen molar-refractivity contribution >= 4 is 23.5 Å². The third-order valence-electron chi connectivity index (χ3n) is 5.74. The van der Waals surface area contributed by atoms with Gasteiger partial charge in [-0.3, -0.25) is 19.2 Å². The zero-order valence-corrected chi connectivity index (χ0v) is 16.8. The fraction of sp³-hybridized carbons (Fsp3) is 0.304. The molecule has 150 valence electrons. The van der Waals surface area contributed by atoms with Crippen molar-refractivity contribution < 1.29 is 29.4 Å². The molecule has 0 aromatic heterocycles. The molecule has 0 unspecified atom stereocenters. The SMILES string of the molecule is CCc1cc2c(c(CC)c1C(C)=O)C(C(=O)O)(C(=O)O)c1cc(C(C)=O)ccc1-2. The summed E-state index contributed by atoms with van der Waals surface area (Å²) in [5, 5.41) is 20.4. The molecule has 0 saturated heterocycles. The molecule has 3 rings (SSSR count). The lowest BCUT2D eigenvalue weighted by Gasteiger charge is -2.26. The fourth-order valence-corrected chi connectivity index (χ4v) is 4.49. The summed E-state index contributed by atoms with van der Waals surface area (Å²) in [6, 6.07) is 6.26. The molecule has 6 nitrogen and oxygen atoms in total. The first-order valence-corrected chi connectivity index (χ1v) is 9.45. The van der Waals surface area contributed by atoms with E-state index in [2.05, 4.69) is 0 Å². The Morgan fingerprint density at radius 2 is 1.48 bits per heavy atom. The number of ketones is 2. The van der Waals surface area contributed by atoms with Crippen LogP contribution in [0.15, 0.2) is 24.3 Å². The van der Waals surface area contributed by atoms with Gasteiger partial charge in [-0.15, -0.1) is 0 Å². The Hall–Kier alpha value is -3.28. The predicted octanol–water partition coefficient (Wildman–Crippen LogP) is 3.65. The quantitative estimate of drug-likeness (QED) is 0.572. The molecule has 0 bridgehead atoms. The molecule has 0 saturated carbocycles. The number of fused-ring (bicyclic) bond motifs is 3. The highest BCUT2D eigenvalue weighted by Crippen LogP contribution is 2.52. The molecule has 1 aliphatic rings. The van der Waals surface area contributed by atoms with E-state index in [1.54, 1.807) is 25.1 Å². The Kier molecular flexibility index (Phi) is 4.91. The number of carboxylic acids is 2. The summed E-state index contributed by atoms with van der Waals surface area (Å²) in [7, 11) is 0. The number of carbonyl (C=O) groups is 4. The average molecular weight is 394 g/mol. The second kappa shape index (κ2) is 6.95. The van der Waals surface area contributed by atoms with Gasteiger partial charge in [0.2, 0.25) is 5.41 Å². The van der Waals surface area contributed by atoms with Gasteiger partial charge < -0.3 is 10.2 Å². The highest BCUT2D eigenvalue weighted by Gasteiger charge is 2.57. The summed E-state index contributed by atoms with van der Waals surface area (Å²) in [6.07, 6.45) is 0.851. The minimum atomic E-state index is -2.38. The molecule has 0 atom stereocenters. The summed E-state index contributed by atoms with van der Waals surface area (Å²) in [5.41, 5.74) is 0.587. The van der Waals surface area contributed by atoms with Crippen LogP contribution in [0, 0.1) is 0 Å². The molecule has 1 aliphatic carbocycles. The minimum absolute atomic E-state index is 0.0534. The number of benzene rings is 2. The Balaban J connectivity index is 2.60. The number of Topliss-reactive ketones (excluding diaryl/α,β-unsaturated/α-hetero) is 2. The van der Waals surface area contributed by atoms with E-state index in [4.69, 9.17) is 0 Å². The summed E-state index contributed by atoms with van der Waals surface area (Å²) < 4.78 is 0. The van der Waals surface area contributed by atoms with Gasteiger partial charge >= 0.3 is 11.9 Å². The monoisotopic (exact) mass is 394 g/mol. The Labute approximate surface area is 168 Å². The van der Waals surface area contributed by atoms with E-state index in [0.717, 1.165) is 5.56 Å². The first-order valence-electron chi connectivity index (χ1n) is 9.45. The number of carbonyl (C=O) groups excluding carboxylic acids is 2. The first-order chi connectivity index (χ1) is 13.6. The molecule has 29 heavy (non-hydrogen) atoms. The van der Waals surface area contributed by atoms with Gasteiger partial charge in [0.15, 0.2) is 11.6 Å². The average Bonchev–Trinajstić information content (AvgIpc) is 2.96. The van der Waals surface area contributed by atoms with Gasteiger partial charge in [-0.05, 0) is 66.1 Å².